The van der Waals surface area contributed by atoms with Crippen LogP contribution in [0, 0.1) is 0 Å². The fraction of sp³-hybridized carbons (Fsp3) is 0.125. The molecule has 124 valence electrons. The molecule has 1 aliphatic rings. The minimum atomic E-state index is -0.360. The van der Waals surface area contributed by atoms with Crippen molar-refractivity contribution in [1.29, 1.82) is 0 Å². The molecule has 2 aromatic carbocycles. The van der Waals surface area contributed by atoms with E-state index in [4.69, 9.17) is 32.7 Å². The SMILES string of the molecule is O=C(COc1ccc(Cl)cc1Cl)Nc1ccc2c(c1)OCC(=O)N2. The van der Waals surface area contributed by atoms with Gasteiger partial charge < -0.3 is 20.1 Å². The van der Waals surface area contributed by atoms with Crippen molar-refractivity contribution in [3.63, 3.8) is 0 Å². The standard InChI is InChI=1S/C16H12Cl2N2O4/c17-9-1-4-13(11(18)5-9)23-7-15(21)19-10-2-3-12-14(6-10)24-8-16(22)20-12/h1-6H,7-8H2,(H,19,21)(H,20,22). The van der Waals surface area contributed by atoms with Crippen LogP contribution in [0.4, 0.5) is 11.4 Å². The van der Waals surface area contributed by atoms with Gasteiger partial charge in [0.2, 0.25) is 0 Å². The predicted octanol–water partition coefficient (Wildman–Crippen LogP) is 3.34. The molecule has 0 saturated carbocycles. The lowest BCUT2D eigenvalue weighted by Gasteiger charge is -2.18. The molecule has 2 N–H and O–H groups in total. The fourth-order valence-electron chi connectivity index (χ4n) is 2.09. The molecule has 0 saturated heterocycles. The van der Waals surface area contributed by atoms with Gasteiger partial charge in [-0.3, -0.25) is 9.59 Å². The molecule has 0 aromatic heterocycles. The van der Waals surface area contributed by atoms with E-state index in [1.165, 1.54) is 6.07 Å². The number of rotatable bonds is 4. The van der Waals surface area contributed by atoms with Crippen LogP contribution in [0.25, 0.3) is 0 Å². The van der Waals surface area contributed by atoms with Gasteiger partial charge in [-0.25, -0.2) is 0 Å². The summed E-state index contributed by atoms with van der Waals surface area (Å²) >= 11 is 11.8. The molecule has 1 aliphatic heterocycles. The molecule has 2 amide bonds. The van der Waals surface area contributed by atoms with Crippen LogP contribution in [0.5, 0.6) is 11.5 Å². The molecule has 0 spiro atoms. The fourth-order valence-corrected chi connectivity index (χ4v) is 2.55. The topological polar surface area (TPSA) is 76.7 Å². The number of ether oxygens (including phenoxy) is 2. The van der Waals surface area contributed by atoms with E-state index in [9.17, 15) is 9.59 Å². The minimum Gasteiger partial charge on any atom is -0.482 e. The third-order valence-corrected chi connectivity index (χ3v) is 3.68. The zero-order chi connectivity index (χ0) is 17.1. The second kappa shape index (κ2) is 6.98. The van der Waals surface area contributed by atoms with E-state index >= 15 is 0 Å². The van der Waals surface area contributed by atoms with E-state index in [1.807, 2.05) is 0 Å². The van der Waals surface area contributed by atoms with Crippen LogP contribution in [0.3, 0.4) is 0 Å². The summed E-state index contributed by atoms with van der Waals surface area (Å²) in [7, 11) is 0. The Bertz CT molecular complexity index is 811. The molecule has 2 aromatic rings. The molecule has 0 aliphatic carbocycles. The van der Waals surface area contributed by atoms with Crippen LogP contribution in [0.1, 0.15) is 0 Å². The molecule has 1 heterocycles. The Morgan fingerprint density at radius 2 is 2.08 bits per heavy atom. The first-order valence-corrected chi connectivity index (χ1v) is 7.71. The summed E-state index contributed by atoms with van der Waals surface area (Å²) in [6.45, 7) is -0.265. The largest absolute Gasteiger partial charge is 0.482 e. The Kier molecular flexibility index (Phi) is 4.78. The summed E-state index contributed by atoms with van der Waals surface area (Å²) in [6.07, 6.45) is 0. The molecular formula is C16H12Cl2N2O4. The van der Waals surface area contributed by atoms with Crippen LogP contribution in [-0.4, -0.2) is 25.0 Å². The van der Waals surface area contributed by atoms with Crippen molar-refractivity contribution in [2.24, 2.45) is 0 Å². The number of hydrogen-bond acceptors (Lipinski definition) is 4. The monoisotopic (exact) mass is 366 g/mol. The predicted molar refractivity (Wildman–Crippen MR) is 91.2 cm³/mol. The zero-order valence-corrected chi connectivity index (χ0v) is 13.8. The number of carbonyl (C=O) groups is 2. The number of amides is 2. The molecule has 6 nitrogen and oxygen atoms in total. The van der Waals surface area contributed by atoms with Gasteiger partial charge >= 0.3 is 0 Å². The first-order valence-electron chi connectivity index (χ1n) is 6.95. The van der Waals surface area contributed by atoms with E-state index in [2.05, 4.69) is 10.6 Å². The van der Waals surface area contributed by atoms with Crippen molar-refractivity contribution in [2.75, 3.05) is 23.8 Å². The van der Waals surface area contributed by atoms with Crippen molar-refractivity contribution < 1.29 is 19.1 Å². The maximum atomic E-state index is 12.0. The van der Waals surface area contributed by atoms with Crippen molar-refractivity contribution in [1.82, 2.24) is 0 Å². The van der Waals surface area contributed by atoms with Crippen LogP contribution in [0.2, 0.25) is 10.0 Å². The van der Waals surface area contributed by atoms with Crippen LogP contribution in [-0.2, 0) is 9.59 Å². The average Bonchev–Trinajstić information content (AvgIpc) is 2.54. The molecule has 0 bridgehead atoms. The highest BCUT2D eigenvalue weighted by Gasteiger charge is 2.16. The maximum Gasteiger partial charge on any atom is 0.262 e. The number of hydrogen-bond donors (Lipinski definition) is 2. The highest BCUT2D eigenvalue weighted by atomic mass is 35.5. The number of anilines is 2. The van der Waals surface area contributed by atoms with Gasteiger partial charge in [-0.05, 0) is 30.3 Å². The van der Waals surface area contributed by atoms with E-state index < -0.39 is 0 Å². The third kappa shape index (κ3) is 3.90. The summed E-state index contributed by atoms with van der Waals surface area (Å²) in [5.74, 6) is 0.287. The van der Waals surface area contributed by atoms with E-state index in [0.717, 1.165) is 0 Å². The maximum absolute atomic E-state index is 12.0. The zero-order valence-electron chi connectivity index (χ0n) is 12.3. The highest BCUT2D eigenvalue weighted by molar-refractivity contribution is 6.35. The molecule has 3 rings (SSSR count). The number of halogens is 2. The summed E-state index contributed by atoms with van der Waals surface area (Å²) < 4.78 is 10.7. The third-order valence-electron chi connectivity index (χ3n) is 3.15. The lowest BCUT2D eigenvalue weighted by atomic mass is 10.2. The van der Waals surface area contributed by atoms with Crippen molar-refractivity contribution in [3.8, 4) is 11.5 Å². The lowest BCUT2D eigenvalue weighted by molar-refractivity contribution is -0.119. The summed E-state index contributed by atoms with van der Waals surface area (Å²) in [5.41, 5.74) is 1.09. The van der Waals surface area contributed by atoms with Crippen LogP contribution < -0.4 is 20.1 Å². The van der Waals surface area contributed by atoms with Gasteiger partial charge in [-0.2, -0.15) is 0 Å². The first kappa shape index (κ1) is 16.4. The van der Waals surface area contributed by atoms with Gasteiger partial charge in [0.05, 0.1) is 10.7 Å². The molecule has 24 heavy (non-hydrogen) atoms. The number of carbonyl (C=O) groups excluding carboxylic acids is 2. The quantitative estimate of drug-likeness (QED) is 0.869. The Labute approximate surface area is 147 Å². The second-order valence-electron chi connectivity index (χ2n) is 4.96. The molecule has 0 fully saturated rings. The summed E-state index contributed by atoms with van der Waals surface area (Å²) in [4.78, 5) is 23.2. The molecule has 0 unspecified atom stereocenters. The smallest absolute Gasteiger partial charge is 0.262 e. The van der Waals surface area contributed by atoms with Gasteiger partial charge in [-0.15, -0.1) is 0 Å². The van der Waals surface area contributed by atoms with Gasteiger partial charge in [0, 0.05) is 16.8 Å². The number of benzene rings is 2. The van der Waals surface area contributed by atoms with E-state index in [1.54, 1.807) is 30.3 Å². The van der Waals surface area contributed by atoms with Gasteiger partial charge in [0.25, 0.3) is 11.8 Å². The Balaban J connectivity index is 1.60. The molecule has 0 atom stereocenters. The minimum absolute atomic E-state index is 0.0530. The summed E-state index contributed by atoms with van der Waals surface area (Å²) in [5, 5.41) is 6.16. The van der Waals surface area contributed by atoms with E-state index in [0.29, 0.717) is 32.9 Å². The highest BCUT2D eigenvalue weighted by Crippen LogP contribution is 2.31. The van der Waals surface area contributed by atoms with Crippen molar-refractivity contribution in [2.45, 2.75) is 0 Å². The van der Waals surface area contributed by atoms with Crippen molar-refractivity contribution >= 4 is 46.4 Å². The van der Waals surface area contributed by atoms with Gasteiger partial charge in [0.1, 0.15) is 11.5 Å². The molecular weight excluding hydrogens is 355 g/mol. The summed E-state index contributed by atoms with van der Waals surface area (Å²) in [6, 6.07) is 9.68. The molecule has 0 radical (unpaired) electrons. The Hall–Kier alpha value is -2.44. The second-order valence-corrected chi connectivity index (χ2v) is 5.80. The first-order chi connectivity index (χ1) is 11.5. The average molecular weight is 367 g/mol. The van der Waals surface area contributed by atoms with Crippen molar-refractivity contribution in [3.05, 3.63) is 46.4 Å². The lowest BCUT2D eigenvalue weighted by Crippen LogP contribution is -2.25. The van der Waals surface area contributed by atoms with Gasteiger partial charge in [0.15, 0.2) is 13.2 Å². The normalized spacial score (nSPS) is 12.7. The molecule has 8 heteroatoms. The number of nitrogens with one attached hydrogen (secondary N) is 2. The van der Waals surface area contributed by atoms with Crippen LogP contribution >= 0.6 is 23.2 Å². The van der Waals surface area contributed by atoms with Gasteiger partial charge in [-0.1, -0.05) is 23.2 Å². The Morgan fingerprint density at radius 3 is 2.88 bits per heavy atom. The van der Waals surface area contributed by atoms with E-state index in [-0.39, 0.29) is 25.0 Å². The van der Waals surface area contributed by atoms with Crippen LogP contribution in [0.15, 0.2) is 36.4 Å². The number of fused-ring (bicyclic) bond motifs is 1. The Morgan fingerprint density at radius 1 is 1.25 bits per heavy atom.